The minimum absolute atomic E-state index is 0.0395. The third-order valence-electron chi connectivity index (χ3n) is 2.25. The minimum atomic E-state index is -3.90. The highest BCUT2D eigenvalue weighted by Gasteiger charge is 2.26. The molecule has 1 rings (SSSR count). The Bertz CT molecular complexity index is 593. The summed E-state index contributed by atoms with van der Waals surface area (Å²) in [5, 5.41) is 18.2. The van der Waals surface area contributed by atoms with Crippen LogP contribution in [0, 0.1) is 0 Å². The number of hydrogen-bond acceptors (Lipinski definition) is 5. The fourth-order valence-electron chi connectivity index (χ4n) is 1.58. The van der Waals surface area contributed by atoms with Crippen LogP contribution in [0.4, 0.5) is 0 Å². The van der Waals surface area contributed by atoms with Gasteiger partial charge in [0.05, 0.1) is 19.0 Å². The number of aromatic carboxylic acids is 1. The van der Waals surface area contributed by atoms with Gasteiger partial charge in [-0.3, -0.25) is 0 Å². The van der Waals surface area contributed by atoms with E-state index in [1.54, 1.807) is 0 Å². The summed E-state index contributed by atoms with van der Waals surface area (Å²) in [5.41, 5.74) is -0.348. The van der Waals surface area contributed by atoms with Crippen molar-refractivity contribution in [3.8, 4) is 5.75 Å². The maximum atomic E-state index is 12.1. The highest BCUT2D eigenvalue weighted by Crippen LogP contribution is 2.32. The highest BCUT2D eigenvalue weighted by molar-refractivity contribution is 7.91. The number of carboxylic acids is 1. The first-order chi connectivity index (χ1) is 8.69. The quantitative estimate of drug-likeness (QED) is 0.847. The Labute approximate surface area is 115 Å². The van der Waals surface area contributed by atoms with E-state index in [2.05, 4.69) is 0 Å². The van der Waals surface area contributed by atoms with Gasteiger partial charge in [0.25, 0.3) is 0 Å². The number of rotatable bonds is 5. The Hall–Kier alpha value is -1.31. The van der Waals surface area contributed by atoms with E-state index in [9.17, 15) is 18.3 Å². The average molecular weight is 309 g/mol. The van der Waals surface area contributed by atoms with E-state index in [-0.39, 0.29) is 21.2 Å². The summed E-state index contributed by atoms with van der Waals surface area (Å²) in [6.45, 7) is 1.31. The summed E-state index contributed by atoms with van der Waals surface area (Å²) in [6, 6.07) is 2.20. The zero-order valence-electron chi connectivity index (χ0n) is 10.3. The molecule has 0 saturated carbocycles. The van der Waals surface area contributed by atoms with E-state index in [1.807, 2.05) is 0 Å². The first-order valence-corrected chi connectivity index (χ1v) is 7.23. The Balaban J connectivity index is 3.55. The zero-order valence-corrected chi connectivity index (χ0v) is 11.8. The van der Waals surface area contributed by atoms with E-state index in [0.717, 1.165) is 19.2 Å². The van der Waals surface area contributed by atoms with Crippen molar-refractivity contribution in [2.24, 2.45) is 0 Å². The standard InChI is InChI=1S/C11H13ClO6S/c1-6(13)5-19(16,17)9-4-7(12)3-8(11(14)15)10(9)18-2/h3-4,6,13H,5H2,1-2H3,(H,14,15). The first kappa shape index (κ1) is 15.7. The van der Waals surface area contributed by atoms with E-state index < -0.39 is 27.7 Å². The van der Waals surface area contributed by atoms with E-state index >= 15 is 0 Å². The van der Waals surface area contributed by atoms with Crippen LogP contribution in [-0.4, -0.2) is 43.6 Å². The van der Waals surface area contributed by atoms with Crippen molar-refractivity contribution in [1.82, 2.24) is 0 Å². The van der Waals surface area contributed by atoms with Gasteiger partial charge in [0.2, 0.25) is 0 Å². The molecule has 1 atom stereocenters. The molecule has 1 aromatic rings. The van der Waals surface area contributed by atoms with E-state index in [1.165, 1.54) is 6.92 Å². The van der Waals surface area contributed by atoms with Crippen molar-refractivity contribution in [3.05, 3.63) is 22.7 Å². The molecule has 2 N–H and O–H groups in total. The van der Waals surface area contributed by atoms with Crippen LogP contribution in [0.5, 0.6) is 5.75 Å². The van der Waals surface area contributed by atoms with Crippen molar-refractivity contribution in [1.29, 1.82) is 0 Å². The van der Waals surface area contributed by atoms with Gasteiger partial charge in [0, 0.05) is 5.02 Å². The number of sulfone groups is 1. The number of halogens is 1. The van der Waals surface area contributed by atoms with Crippen LogP contribution >= 0.6 is 11.6 Å². The molecule has 0 heterocycles. The smallest absolute Gasteiger partial charge is 0.339 e. The SMILES string of the molecule is COc1c(C(=O)O)cc(Cl)cc1S(=O)(=O)CC(C)O. The topological polar surface area (TPSA) is 101 Å². The predicted molar refractivity (Wildman–Crippen MR) is 68.7 cm³/mol. The molecule has 1 unspecified atom stereocenters. The molecule has 0 aliphatic rings. The molecule has 0 saturated heterocycles. The number of methoxy groups -OCH3 is 1. The average Bonchev–Trinajstić information content (AvgIpc) is 2.25. The van der Waals surface area contributed by atoms with Crippen LogP contribution in [0.2, 0.25) is 5.02 Å². The Morgan fingerprint density at radius 2 is 2.05 bits per heavy atom. The lowest BCUT2D eigenvalue weighted by atomic mass is 10.2. The van der Waals surface area contributed by atoms with Crippen LogP contribution in [0.15, 0.2) is 17.0 Å². The van der Waals surface area contributed by atoms with Gasteiger partial charge in [-0.1, -0.05) is 11.6 Å². The molecule has 0 aromatic heterocycles. The molecule has 0 aliphatic carbocycles. The number of carbonyl (C=O) groups is 1. The van der Waals surface area contributed by atoms with Crippen molar-refractivity contribution in [3.63, 3.8) is 0 Å². The van der Waals surface area contributed by atoms with Gasteiger partial charge >= 0.3 is 5.97 Å². The molecule has 0 amide bonds. The number of hydrogen-bond donors (Lipinski definition) is 2. The van der Waals surface area contributed by atoms with E-state index in [4.69, 9.17) is 21.4 Å². The summed E-state index contributed by atoms with van der Waals surface area (Å²) in [7, 11) is -2.74. The second kappa shape index (κ2) is 5.77. The Morgan fingerprint density at radius 1 is 1.47 bits per heavy atom. The Morgan fingerprint density at radius 3 is 2.47 bits per heavy atom. The minimum Gasteiger partial charge on any atom is -0.494 e. The lowest BCUT2D eigenvalue weighted by molar-refractivity contribution is 0.0693. The largest absolute Gasteiger partial charge is 0.494 e. The summed E-state index contributed by atoms with van der Waals surface area (Å²) >= 11 is 5.72. The third kappa shape index (κ3) is 3.59. The number of benzene rings is 1. The monoisotopic (exact) mass is 308 g/mol. The van der Waals surface area contributed by atoms with Gasteiger partial charge in [0.1, 0.15) is 10.5 Å². The fourth-order valence-corrected chi connectivity index (χ4v) is 3.46. The van der Waals surface area contributed by atoms with Crippen molar-refractivity contribution < 1.29 is 28.2 Å². The van der Waals surface area contributed by atoms with Gasteiger partial charge in [-0.2, -0.15) is 0 Å². The van der Waals surface area contributed by atoms with Gasteiger partial charge in [-0.05, 0) is 19.1 Å². The molecule has 1 aromatic carbocycles. The maximum Gasteiger partial charge on any atom is 0.339 e. The zero-order chi connectivity index (χ0) is 14.8. The third-order valence-corrected chi connectivity index (χ3v) is 4.36. The van der Waals surface area contributed by atoms with Crippen LogP contribution in [0.1, 0.15) is 17.3 Å². The summed E-state index contributed by atoms with van der Waals surface area (Å²) in [4.78, 5) is 10.7. The van der Waals surface area contributed by atoms with Crippen LogP contribution in [0.3, 0.4) is 0 Å². The maximum absolute atomic E-state index is 12.1. The Kier molecular flexibility index (Phi) is 4.78. The lowest BCUT2D eigenvalue weighted by Crippen LogP contribution is -2.19. The number of aliphatic hydroxyl groups excluding tert-OH is 1. The lowest BCUT2D eigenvalue weighted by Gasteiger charge is -2.13. The molecule has 0 spiro atoms. The molecular weight excluding hydrogens is 296 g/mol. The second-order valence-corrected chi connectivity index (χ2v) is 6.36. The van der Waals surface area contributed by atoms with Gasteiger partial charge in [-0.25, -0.2) is 13.2 Å². The highest BCUT2D eigenvalue weighted by atomic mass is 35.5. The molecule has 19 heavy (non-hydrogen) atoms. The molecule has 6 nitrogen and oxygen atoms in total. The molecular formula is C11H13ClO6S. The van der Waals surface area contributed by atoms with Crippen molar-refractivity contribution in [2.45, 2.75) is 17.9 Å². The summed E-state index contributed by atoms with van der Waals surface area (Å²) < 4.78 is 29.0. The number of ether oxygens (including phenoxy) is 1. The molecule has 8 heteroatoms. The van der Waals surface area contributed by atoms with Crippen LogP contribution in [0.25, 0.3) is 0 Å². The summed E-state index contributed by atoms with van der Waals surface area (Å²) in [5.74, 6) is -2.20. The fraction of sp³-hybridized carbons (Fsp3) is 0.364. The number of carboxylic acid groups (broad SMARTS) is 1. The first-order valence-electron chi connectivity index (χ1n) is 5.20. The van der Waals surface area contributed by atoms with Crippen LogP contribution < -0.4 is 4.74 Å². The van der Waals surface area contributed by atoms with Crippen molar-refractivity contribution >= 4 is 27.4 Å². The molecule has 0 bridgehead atoms. The van der Waals surface area contributed by atoms with Crippen LogP contribution in [-0.2, 0) is 9.84 Å². The molecule has 0 fully saturated rings. The summed E-state index contributed by atoms with van der Waals surface area (Å²) in [6.07, 6.45) is -1.10. The van der Waals surface area contributed by atoms with Gasteiger partial charge in [0.15, 0.2) is 15.6 Å². The molecule has 0 radical (unpaired) electrons. The second-order valence-electron chi connectivity index (χ2n) is 3.92. The normalized spacial score (nSPS) is 13.1. The molecule has 0 aliphatic heterocycles. The van der Waals surface area contributed by atoms with E-state index in [0.29, 0.717) is 0 Å². The van der Waals surface area contributed by atoms with Crippen molar-refractivity contribution in [2.75, 3.05) is 12.9 Å². The number of aliphatic hydroxyl groups is 1. The van der Waals surface area contributed by atoms with Gasteiger partial charge < -0.3 is 14.9 Å². The molecule has 106 valence electrons. The van der Waals surface area contributed by atoms with Gasteiger partial charge in [-0.15, -0.1) is 0 Å². The predicted octanol–water partition coefficient (Wildman–Crippen LogP) is 1.20.